The average molecular weight is 516 g/mol. The summed E-state index contributed by atoms with van der Waals surface area (Å²) in [6.45, 7) is 1.73. The maximum atomic E-state index is 13.3. The molecule has 1 aromatic heterocycles. The van der Waals surface area contributed by atoms with E-state index in [1.807, 2.05) is 6.07 Å². The minimum absolute atomic E-state index is 0.0898. The summed E-state index contributed by atoms with van der Waals surface area (Å²) in [5.41, 5.74) is 3.40. The lowest BCUT2D eigenvalue weighted by Gasteiger charge is -2.14. The van der Waals surface area contributed by atoms with Gasteiger partial charge >= 0.3 is 6.03 Å². The maximum absolute atomic E-state index is 13.3. The number of carbonyl (C=O) groups is 2. The van der Waals surface area contributed by atoms with E-state index in [4.69, 9.17) is 0 Å². The van der Waals surface area contributed by atoms with Gasteiger partial charge in [0.1, 0.15) is 0 Å². The third-order valence-corrected chi connectivity index (χ3v) is 6.68. The monoisotopic (exact) mass is 515 g/mol. The highest BCUT2D eigenvalue weighted by Gasteiger charge is 2.19. The molecule has 1 heterocycles. The fourth-order valence-corrected chi connectivity index (χ4v) is 4.89. The Hall–Kier alpha value is -4.70. The molecule has 0 bridgehead atoms. The SMILES string of the molecule is CC(=O)Nc1cccc(-c2ccccc2S(=O)(=O)Nc2ccc(NC(=O)NCc3cccnc3)cc2)c1. The molecule has 10 heteroatoms. The van der Waals surface area contributed by atoms with E-state index in [1.54, 1.807) is 85.2 Å². The number of amides is 3. The van der Waals surface area contributed by atoms with Crippen molar-refractivity contribution in [3.8, 4) is 11.1 Å². The molecule has 0 saturated heterocycles. The summed E-state index contributed by atoms with van der Waals surface area (Å²) in [4.78, 5) is 27.7. The molecule has 37 heavy (non-hydrogen) atoms. The van der Waals surface area contributed by atoms with E-state index in [0.717, 1.165) is 5.56 Å². The van der Waals surface area contributed by atoms with E-state index in [2.05, 4.69) is 25.7 Å². The Bertz CT molecular complexity index is 1510. The average Bonchev–Trinajstić information content (AvgIpc) is 2.89. The van der Waals surface area contributed by atoms with Crippen molar-refractivity contribution in [3.63, 3.8) is 0 Å². The molecule has 0 aliphatic heterocycles. The van der Waals surface area contributed by atoms with Crippen LogP contribution in [0.4, 0.5) is 21.9 Å². The smallest absolute Gasteiger partial charge is 0.319 e. The van der Waals surface area contributed by atoms with Crippen molar-refractivity contribution in [2.24, 2.45) is 0 Å². The molecule has 0 aliphatic rings. The highest BCUT2D eigenvalue weighted by atomic mass is 32.2. The number of hydrogen-bond acceptors (Lipinski definition) is 5. The first kappa shape index (κ1) is 25.4. The van der Waals surface area contributed by atoms with Gasteiger partial charge < -0.3 is 16.0 Å². The number of anilines is 3. The molecular formula is C27H25N5O4S. The van der Waals surface area contributed by atoms with Gasteiger partial charge in [-0.25, -0.2) is 13.2 Å². The number of rotatable bonds is 8. The molecule has 0 radical (unpaired) electrons. The largest absolute Gasteiger partial charge is 0.334 e. The Morgan fingerprint density at radius 1 is 0.811 bits per heavy atom. The number of aromatic nitrogens is 1. The zero-order valence-corrected chi connectivity index (χ0v) is 20.7. The van der Waals surface area contributed by atoms with Gasteiger partial charge in [-0.05, 0) is 59.7 Å². The number of benzene rings is 3. The van der Waals surface area contributed by atoms with Crippen LogP contribution < -0.4 is 20.7 Å². The van der Waals surface area contributed by atoms with Gasteiger partial charge in [-0.1, -0.05) is 36.4 Å². The topological polar surface area (TPSA) is 129 Å². The maximum Gasteiger partial charge on any atom is 0.319 e. The third-order valence-electron chi connectivity index (χ3n) is 5.24. The lowest BCUT2D eigenvalue weighted by atomic mass is 10.1. The Balaban J connectivity index is 1.45. The first-order chi connectivity index (χ1) is 17.8. The van der Waals surface area contributed by atoms with Gasteiger partial charge in [0.2, 0.25) is 5.91 Å². The van der Waals surface area contributed by atoms with E-state index >= 15 is 0 Å². The minimum Gasteiger partial charge on any atom is -0.334 e. The predicted molar refractivity (Wildman–Crippen MR) is 144 cm³/mol. The van der Waals surface area contributed by atoms with Crippen LogP contribution in [0.2, 0.25) is 0 Å². The molecule has 4 N–H and O–H groups in total. The van der Waals surface area contributed by atoms with Gasteiger partial charge in [-0.2, -0.15) is 0 Å². The Morgan fingerprint density at radius 2 is 1.57 bits per heavy atom. The molecule has 0 unspecified atom stereocenters. The zero-order valence-electron chi connectivity index (χ0n) is 19.9. The van der Waals surface area contributed by atoms with Crippen molar-refractivity contribution < 1.29 is 18.0 Å². The summed E-state index contributed by atoms with van der Waals surface area (Å²) in [6, 6.07) is 23.2. The molecule has 0 spiro atoms. The Labute approximate surface area is 215 Å². The first-order valence-electron chi connectivity index (χ1n) is 11.3. The van der Waals surface area contributed by atoms with Crippen LogP contribution in [-0.4, -0.2) is 25.3 Å². The van der Waals surface area contributed by atoms with E-state index in [-0.39, 0.29) is 10.8 Å². The second kappa shape index (κ2) is 11.4. The molecule has 0 aliphatic carbocycles. The van der Waals surface area contributed by atoms with Crippen LogP contribution in [0, 0.1) is 0 Å². The lowest BCUT2D eigenvalue weighted by Crippen LogP contribution is -2.28. The van der Waals surface area contributed by atoms with Crippen LogP contribution in [-0.2, 0) is 21.4 Å². The van der Waals surface area contributed by atoms with Crippen molar-refractivity contribution >= 4 is 39.0 Å². The standard InChI is InChI=1S/C27H25N5O4S/c1-19(33)30-24-8-4-7-21(16-24)25-9-2-3-10-26(25)37(35,36)32-23-13-11-22(12-14-23)31-27(34)29-18-20-6-5-15-28-17-20/h2-17,32H,18H2,1H3,(H,30,33)(H2,29,31,34). The minimum atomic E-state index is -3.95. The molecule has 9 nitrogen and oxygen atoms in total. The molecule has 4 rings (SSSR count). The van der Waals surface area contributed by atoms with Crippen molar-refractivity contribution in [1.29, 1.82) is 0 Å². The molecular weight excluding hydrogens is 490 g/mol. The van der Waals surface area contributed by atoms with E-state index in [0.29, 0.717) is 34.7 Å². The molecule has 0 saturated carbocycles. The van der Waals surface area contributed by atoms with E-state index in [1.165, 1.54) is 13.0 Å². The molecule has 0 fully saturated rings. The highest BCUT2D eigenvalue weighted by molar-refractivity contribution is 7.92. The number of hydrogen-bond donors (Lipinski definition) is 4. The Morgan fingerprint density at radius 3 is 2.30 bits per heavy atom. The first-order valence-corrected chi connectivity index (χ1v) is 12.8. The van der Waals surface area contributed by atoms with Gasteiger partial charge in [0.15, 0.2) is 0 Å². The summed E-state index contributed by atoms with van der Waals surface area (Å²) >= 11 is 0. The number of nitrogens with zero attached hydrogens (tertiary/aromatic N) is 1. The summed E-state index contributed by atoms with van der Waals surface area (Å²) in [5, 5.41) is 8.15. The number of pyridine rings is 1. The van der Waals surface area contributed by atoms with Crippen molar-refractivity contribution in [1.82, 2.24) is 10.3 Å². The molecule has 3 aromatic carbocycles. The second-order valence-corrected chi connectivity index (χ2v) is 9.76. The molecule has 188 valence electrons. The summed E-state index contributed by atoms with van der Waals surface area (Å²) in [7, 11) is -3.95. The zero-order chi connectivity index (χ0) is 26.3. The number of nitrogens with one attached hydrogen (secondary N) is 4. The predicted octanol–water partition coefficient (Wildman–Crippen LogP) is 4.83. The summed E-state index contributed by atoms with van der Waals surface area (Å²) < 4.78 is 29.1. The normalized spacial score (nSPS) is 10.8. The Kier molecular flexibility index (Phi) is 7.80. The number of carbonyl (C=O) groups excluding carboxylic acids is 2. The van der Waals surface area contributed by atoms with E-state index < -0.39 is 16.1 Å². The lowest BCUT2D eigenvalue weighted by molar-refractivity contribution is -0.114. The molecule has 3 amide bonds. The van der Waals surface area contributed by atoms with Crippen LogP contribution in [0.15, 0.2) is 102 Å². The fraction of sp³-hybridized carbons (Fsp3) is 0.0741. The number of urea groups is 1. The van der Waals surface area contributed by atoms with Gasteiger partial charge in [0, 0.05) is 48.5 Å². The highest BCUT2D eigenvalue weighted by Crippen LogP contribution is 2.30. The summed E-state index contributed by atoms with van der Waals surface area (Å²) in [5.74, 6) is -0.219. The van der Waals surface area contributed by atoms with Crippen LogP contribution in [0.25, 0.3) is 11.1 Å². The van der Waals surface area contributed by atoms with Gasteiger partial charge in [0.05, 0.1) is 4.90 Å². The van der Waals surface area contributed by atoms with Crippen LogP contribution >= 0.6 is 0 Å². The molecule has 0 atom stereocenters. The van der Waals surface area contributed by atoms with E-state index in [9.17, 15) is 18.0 Å². The summed E-state index contributed by atoms with van der Waals surface area (Å²) in [6.07, 6.45) is 3.32. The van der Waals surface area contributed by atoms with Gasteiger partial charge in [0.25, 0.3) is 10.0 Å². The van der Waals surface area contributed by atoms with Crippen molar-refractivity contribution in [2.45, 2.75) is 18.4 Å². The number of sulfonamides is 1. The van der Waals surface area contributed by atoms with Gasteiger partial charge in [-0.15, -0.1) is 0 Å². The quantitative estimate of drug-likeness (QED) is 0.267. The van der Waals surface area contributed by atoms with Crippen LogP contribution in [0.5, 0.6) is 0 Å². The third kappa shape index (κ3) is 6.92. The van der Waals surface area contributed by atoms with Crippen LogP contribution in [0.3, 0.4) is 0 Å². The van der Waals surface area contributed by atoms with Crippen LogP contribution in [0.1, 0.15) is 12.5 Å². The van der Waals surface area contributed by atoms with Crippen molar-refractivity contribution in [2.75, 3.05) is 15.4 Å². The fourth-order valence-electron chi connectivity index (χ4n) is 3.60. The molecule has 4 aromatic rings. The van der Waals surface area contributed by atoms with Crippen molar-refractivity contribution in [3.05, 3.63) is 103 Å². The second-order valence-electron chi connectivity index (χ2n) is 8.11. The van der Waals surface area contributed by atoms with Gasteiger partial charge in [-0.3, -0.25) is 14.5 Å².